The molecular weight excluding hydrogens is 496 g/mol. The van der Waals surface area contributed by atoms with Gasteiger partial charge in [0.25, 0.3) is 0 Å². The minimum atomic E-state index is -6.59. The van der Waals surface area contributed by atoms with Crippen molar-refractivity contribution < 1.29 is 63.0 Å². The van der Waals surface area contributed by atoms with Crippen molar-refractivity contribution in [2.75, 3.05) is 18.5 Å². The van der Waals surface area contributed by atoms with E-state index in [-0.39, 0.29) is 28.5 Å². The topological polar surface area (TPSA) is 37.3 Å². The molecule has 1 N–H and O–H groups in total. The Kier molecular flexibility index (Phi) is 13.8. The second-order valence-electron chi connectivity index (χ2n) is 6.41. The molecule has 0 spiro atoms. The summed E-state index contributed by atoms with van der Waals surface area (Å²) >= 11 is 0. The normalized spacial score (nSPS) is 13.6. The summed E-state index contributed by atoms with van der Waals surface area (Å²) in [5.74, 6) is -16.4. The minimum absolute atomic E-state index is 0. The minimum Gasteiger partial charge on any atom is -0.512 e. The van der Waals surface area contributed by atoms with Crippen LogP contribution in [0, 0.1) is 5.41 Å². The van der Waals surface area contributed by atoms with Gasteiger partial charge in [0.2, 0.25) is 5.78 Å². The SMILES string of the molecule is CC(C)(C)/C(O)=C/C(=O)C(F)(F)C(F)(F)C(F)(F)F.CCP(CC)CC.[Ag]. The first-order chi connectivity index (χ1) is 11.4. The third-order valence-corrected chi connectivity index (χ3v) is 6.12. The molecule has 0 fully saturated rings. The summed E-state index contributed by atoms with van der Waals surface area (Å²) in [6.45, 7) is 10.6. The van der Waals surface area contributed by atoms with Gasteiger partial charge in [0, 0.05) is 33.9 Å². The summed E-state index contributed by atoms with van der Waals surface area (Å²) in [5, 5.41) is 9.17. The van der Waals surface area contributed by atoms with Crippen LogP contribution in [0.4, 0.5) is 30.7 Å². The molecular formula is C16H26AgF7O2P. The third-order valence-electron chi connectivity index (χ3n) is 3.44. The van der Waals surface area contributed by atoms with E-state index in [4.69, 9.17) is 5.11 Å². The smallest absolute Gasteiger partial charge is 0.460 e. The van der Waals surface area contributed by atoms with Crippen molar-refractivity contribution in [2.45, 2.75) is 59.6 Å². The van der Waals surface area contributed by atoms with E-state index >= 15 is 0 Å². The van der Waals surface area contributed by atoms with Crippen LogP contribution >= 0.6 is 7.92 Å². The number of rotatable bonds is 6. The van der Waals surface area contributed by atoms with Crippen LogP contribution in [0.1, 0.15) is 41.5 Å². The van der Waals surface area contributed by atoms with Crippen LogP contribution in [0.15, 0.2) is 11.8 Å². The molecule has 27 heavy (non-hydrogen) atoms. The summed E-state index contributed by atoms with van der Waals surface area (Å²) in [5.41, 5.74) is -1.25. The Morgan fingerprint density at radius 1 is 0.889 bits per heavy atom. The largest absolute Gasteiger partial charge is 0.512 e. The maximum absolute atomic E-state index is 12.9. The van der Waals surface area contributed by atoms with Crippen LogP contribution < -0.4 is 0 Å². The van der Waals surface area contributed by atoms with Crippen molar-refractivity contribution in [2.24, 2.45) is 5.41 Å². The first kappa shape index (κ1) is 31.6. The molecule has 0 aliphatic carbocycles. The van der Waals surface area contributed by atoms with Gasteiger partial charge in [-0.2, -0.15) is 30.7 Å². The van der Waals surface area contributed by atoms with Gasteiger partial charge in [0.1, 0.15) is 5.76 Å². The first-order valence-corrected chi connectivity index (χ1v) is 9.80. The number of hydrogen-bond acceptors (Lipinski definition) is 2. The molecule has 0 aromatic rings. The molecule has 0 aliphatic heterocycles. The van der Waals surface area contributed by atoms with Gasteiger partial charge in [-0.25, -0.2) is 0 Å². The van der Waals surface area contributed by atoms with Gasteiger partial charge in [-0.05, 0) is 18.5 Å². The summed E-state index contributed by atoms with van der Waals surface area (Å²) in [4.78, 5) is 10.8. The summed E-state index contributed by atoms with van der Waals surface area (Å²) < 4.78 is 86.1. The molecule has 2 nitrogen and oxygen atoms in total. The number of carbonyl (C=O) groups is 1. The third kappa shape index (κ3) is 9.29. The van der Waals surface area contributed by atoms with E-state index in [1.165, 1.54) is 39.3 Å². The molecule has 0 saturated carbocycles. The quantitative estimate of drug-likeness (QED) is 0.144. The Morgan fingerprint density at radius 3 is 1.41 bits per heavy atom. The maximum Gasteiger partial charge on any atom is 0.460 e. The molecule has 11 heteroatoms. The number of allylic oxidation sites excluding steroid dienone is 2. The summed E-state index contributed by atoms with van der Waals surface area (Å²) in [6, 6.07) is 0. The molecule has 0 heterocycles. The Balaban J connectivity index is -0.000000612. The van der Waals surface area contributed by atoms with E-state index in [2.05, 4.69) is 20.8 Å². The van der Waals surface area contributed by atoms with Crippen molar-refractivity contribution >= 4 is 13.7 Å². The van der Waals surface area contributed by atoms with Gasteiger partial charge >= 0.3 is 18.0 Å². The number of aliphatic hydroxyl groups excluding tert-OH is 1. The molecule has 0 aliphatic rings. The first-order valence-electron chi connectivity index (χ1n) is 7.90. The predicted molar refractivity (Wildman–Crippen MR) is 89.7 cm³/mol. The van der Waals surface area contributed by atoms with Crippen LogP contribution in [-0.2, 0) is 27.2 Å². The summed E-state index contributed by atoms with van der Waals surface area (Å²) in [6.07, 6.45) is -2.65. The Bertz CT molecular complexity index is 477. The number of aliphatic hydroxyl groups is 1. The van der Waals surface area contributed by atoms with Crippen LogP contribution in [0.3, 0.4) is 0 Å². The van der Waals surface area contributed by atoms with Crippen molar-refractivity contribution in [3.63, 3.8) is 0 Å². The second-order valence-corrected chi connectivity index (χ2v) is 9.65. The fourth-order valence-electron chi connectivity index (χ4n) is 1.43. The number of alkyl halides is 7. The predicted octanol–water partition coefficient (Wildman–Crippen LogP) is 6.40. The molecule has 0 saturated heterocycles. The van der Waals surface area contributed by atoms with Crippen LogP contribution in [-0.4, -0.2) is 47.4 Å². The summed E-state index contributed by atoms with van der Waals surface area (Å²) in [7, 11) is 0.446. The maximum atomic E-state index is 12.9. The average molecular weight is 522 g/mol. The number of ketones is 1. The zero-order valence-corrected chi connectivity index (χ0v) is 18.3. The Morgan fingerprint density at radius 2 is 1.22 bits per heavy atom. The zero-order valence-electron chi connectivity index (χ0n) is 15.9. The molecule has 0 aromatic carbocycles. The molecule has 0 amide bonds. The molecule has 0 aromatic heterocycles. The number of carbonyl (C=O) groups excluding carboxylic acids is 1. The molecule has 167 valence electrons. The van der Waals surface area contributed by atoms with Crippen molar-refractivity contribution in [3.05, 3.63) is 11.8 Å². The fraction of sp³-hybridized carbons (Fsp3) is 0.812. The molecule has 0 bridgehead atoms. The van der Waals surface area contributed by atoms with Crippen LogP contribution in [0.2, 0.25) is 0 Å². The van der Waals surface area contributed by atoms with Crippen LogP contribution in [0.25, 0.3) is 0 Å². The number of halogens is 7. The molecule has 0 atom stereocenters. The van der Waals surface area contributed by atoms with Gasteiger partial charge < -0.3 is 5.11 Å². The van der Waals surface area contributed by atoms with Gasteiger partial charge in [0.05, 0.1) is 0 Å². The van der Waals surface area contributed by atoms with Gasteiger partial charge in [0.15, 0.2) is 0 Å². The van der Waals surface area contributed by atoms with E-state index in [9.17, 15) is 35.5 Å². The average Bonchev–Trinajstić information content (AvgIpc) is 2.47. The van der Waals surface area contributed by atoms with E-state index < -0.39 is 35.0 Å². The van der Waals surface area contributed by atoms with E-state index in [1.54, 1.807) is 0 Å². The Hall–Kier alpha value is -0.110. The van der Waals surface area contributed by atoms with E-state index in [0.717, 1.165) is 0 Å². The fourth-order valence-corrected chi connectivity index (χ4v) is 2.78. The monoisotopic (exact) mass is 521 g/mol. The molecule has 0 unspecified atom stereocenters. The van der Waals surface area contributed by atoms with Crippen LogP contribution in [0.5, 0.6) is 0 Å². The van der Waals surface area contributed by atoms with E-state index in [1.807, 2.05) is 0 Å². The van der Waals surface area contributed by atoms with Crippen molar-refractivity contribution in [1.29, 1.82) is 0 Å². The zero-order chi connectivity index (χ0) is 21.6. The standard InChI is InChI=1S/C10H11F7O2.C6H15P.Ag/c1-7(2,3)5(18)4-6(19)8(11,12)9(13,14)10(15,16)17;1-4-7(5-2)6-3;/h4,18H,1-3H3;4-6H2,1-3H3;/b5-4-;;. The Labute approximate surface area is 172 Å². The van der Waals surface area contributed by atoms with Gasteiger partial charge in [-0.3, -0.25) is 4.79 Å². The van der Waals surface area contributed by atoms with E-state index in [0.29, 0.717) is 7.92 Å². The molecule has 0 rings (SSSR count). The van der Waals surface area contributed by atoms with Gasteiger partial charge in [-0.1, -0.05) is 41.5 Å². The van der Waals surface area contributed by atoms with Crippen molar-refractivity contribution in [3.8, 4) is 0 Å². The molecule has 1 radical (unpaired) electrons. The number of hydrogen-bond donors (Lipinski definition) is 1. The van der Waals surface area contributed by atoms with Crippen molar-refractivity contribution in [1.82, 2.24) is 0 Å². The van der Waals surface area contributed by atoms with Gasteiger partial charge in [-0.15, -0.1) is 7.92 Å². The second kappa shape index (κ2) is 11.8.